The average molecular weight is 599 g/mol. The first-order valence-electron chi connectivity index (χ1n) is 14.1. The summed E-state index contributed by atoms with van der Waals surface area (Å²) in [5.74, 6) is -1.26. The summed E-state index contributed by atoms with van der Waals surface area (Å²) in [4.78, 5) is 45.5. The van der Waals surface area contributed by atoms with Gasteiger partial charge in [0.2, 0.25) is 0 Å². The van der Waals surface area contributed by atoms with Crippen molar-refractivity contribution in [3.05, 3.63) is 130 Å². The Bertz CT molecular complexity index is 1630. The Morgan fingerprint density at radius 1 is 0.837 bits per heavy atom. The summed E-state index contributed by atoms with van der Waals surface area (Å²) in [6, 6.07) is 27.5. The lowest BCUT2D eigenvalue weighted by Crippen LogP contribution is -2.36. The van der Waals surface area contributed by atoms with E-state index in [1.54, 1.807) is 59.3 Å². The number of halogens is 2. The minimum atomic E-state index is -0.452. The summed E-state index contributed by atoms with van der Waals surface area (Å²) in [7, 11) is 1.75. The average Bonchev–Trinajstić information content (AvgIpc) is 3.27. The highest BCUT2D eigenvalue weighted by molar-refractivity contribution is 6.34. The van der Waals surface area contributed by atoms with Gasteiger partial charge in [0.1, 0.15) is 5.82 Å². The molecule has 0 bridgehead atoms. The lowest BCUT2D eigenvalue weighted by molar-refractivity contribution is 0.0763. The Morgan fingerprint density at radius 3 is 2.37 bits per heavy atom. The van der Waals surface area contributed by atoms with Crippen LogP contribution in [0.5, 0.6) is 0 Å². The van der Waals surface area contributed by atoms with Crippen LogP contribution in [0.2, 0.25) is 5.02 Å². The van der Waals surface area contributed by atoms with Crippen molar-refractivity contribution in [2.24, 2.45) is 0 Å². The molecular weight excluding hydrogens is 567 g/mol. The van der Waals surface area contributed by atoms with E-state index < -0.39 is 5.82 Å². The molecule has 1 aliphatic heterocycles. The van der Waals surface area contributed by atoms with Gasteiger partial charge in [0.15, 0.2) is 0 Å². The Hall–Kier alpha value is -4.69. The zero-order valence-corrected chi connectivity index (χ0v) is 24.6. The van der Waals surface area contributed by atoms with Crippen molar-refractivity contribution in [1.29, 1.82) is 0 Å². The Kier molecular flexibility index (Phi) is 9.37. The molecule has 0 aromatic heterocycles. The molecule has 3 amide bonds. The third-order valence-electron chi connectivity index (χ3n) is 7.41. The zero-order chi connectivity index (χ0) is 30.3. The van der Waals surface area contributed by atoms with Gasteiger partial charge in [-0.25, -0.2) is 4.39 Å². The molecule has 220 valence electrons. The molecule has 5 rings (SSSR count). The SMILES string of the molecule is CN(Cc1ccccc1)C(=O)c1cc(NC(=O)c2ccccc2Cl)ccc1N1CCCN(C(=O)c2cccc(F)c2)CC1. The maximum atomic E-state index is 13.9. The van der Waals surface area contributed by atoms with Crippen LogP contribution in [0.1, 0.15) is 43.1 Å². The van der Waals surface area contributed by atoms with E-state index in [2.05, 4.69) is 10.2 Å². The highest BCUT2D eigenvalue weighted by Gasteiger charge is 2.25. The first-order chi connectivity index (χ1) is 20.8. The van der Waals surface area contributed by atoms with Gasteiger partial charge in [-0.15, -0.1) is 0 Å². The van der Waals surface area contributed by atoms with Gasteiger partial charge in [0.05, 0.1) is 16.1 Å². The Morgan fingerprint density at radius 2 is 1.60 bits per heavy atom. The molecular formula is C34H32ClFN4O3. The van der Waals surface area contributed by atoms with Gasteiger partial charge in [0.25, 0.3) is 17.7 Å². The molecule has 0 atom stereocenters. The number of carbonyl (C=O) groups excluding carboxylic acids is 3. The van der Waals surface area contributed by atoms with Crippen LogP contribution in [-0.4, -0.2) is 60.7 Å². The van der Waals surface area contributed by atoms with Crippen LogP contribution in [0.25, 0.3) is 0 Å². The molecule has 1 N–H and O–H groups in total. The monoisotopic (exact) mass is 598 g/mol. The van der Waals surface area contributed by atoms with Crippen molar-refractivity contribution in [2.75, 3.05) is 43.4 Å². The topological polar surface area (TPSA) is 73.0 Å². The van der Waals surface area contributed by atoms with Gasteiger partial charge >= 0.3 is 0 Å². The van der Waals surface area contributed by atoms with Crippen LogP contribution in [-0.2, 0) is 6.54 Å². The van der Waals surface area contributed by atoms with Crippen molar-refractivity contribution >= 4 is 40.7 Å². The maximum absolute atomic E-state index is 13.9. The molecule has 1 saturated heterocycles. The van der Waals surface area contributed by atoms with Gasteiger partial charge in [-0.2, -0.15) is 0 Å². The van der Waals surface area contributed by atoms with Crippen molar-refractivity contribution in [3.8, 4) is 0 Å². The van der Waals surface area contributed by atoms with Crippen molar-refractivity contribution in [3.63, 3.8) is 0 Å². The number of rotatable bonds is 7. The highest BCUT2D eigenvalue weighted by atomic mass is 35.5. The second-order valence-corrected chi connectivity index (χ2v) is 10.9. The molecule has 7 nitrogen and oxygen atoms in total. The first kappa shape index (κ1) is 29.8. The summed E-state index contributed by atoms with van der Waals surface area (Å²) in [6.07, 6.45) is 0.666. The number of hydrogen-bond acceptors (Lipinski definition) is 4. The van der Waals surface area contributed by atoms with Crippen LogP contribution in [0.4, 0.5) is 15.8 Å². The molecule has 1 aliphatic rings. The number of benzene rings is 4. The predicted octanol–water partition coefficient (Wildman–Crippen LogP) is 6.36. The Balaban J connectivity index is 1.40. The largest absolute Gasteiger partial charge is 0.369 e. The van der Waals surface area contributed by atoms with Crippen LogP contribution in [0.15, 0.2) is 97.1 Å². The second-order valence-electron chi connectivity index (χ2n) is 10.5. The van der Waals surface area contributed by atoms with Crippen molar-refractivity contribution < 1.29 is 18.8 Å². The normalized spacial score (nSPS) is 13.3. The number of nitrogens with zero attached hydrogens (tertiary/aromatic N) is 3. The van der Waals surface area contributed by atoms with Crippen molar-refractivity contribution in [1.82, 2.24) is 9.80 Å². The van der Waals surface area contributed by atoms with E-state index in [1.165, 1.54) is 18.2 Å². The molecule has 4 aromatic carbocycles. The van der Waals surface area contributed by atoms with Crippen molar-refractivity contribution in [2.45, 2.75) is 13.0 Å². The zero-order valence-electron chi connectivity index (χ0n) is 23.8. The minimum Gasteiger partial charge on any atom is -0.369 e. The smallest absolute Gasteiger partial charge is 0.257 e. The fourth-order valence-corrected chi connectivity index (χ4v) is 5.43. The molecule has 1 fully saturated rings. The number of carbonyl (C=O) groups is 3. The highest BCUT2D eigenvalue weighted by Crippen LogP contribution is 2.28. The molecule has 0 spiro atoms. The maximum Gasteiger partial charge on any atom is 0.257 e. The number of hydrogen-bond donors (Lipinski definition) is 1. The van der Waals surface area contributed by atoms with Gasteiger partial charge < -0.3 is 20.0 Å². The molecule has 0 saturated carbocycles. The van der Waals surface area contributed by atoms with E-state index in [0.29, 0.717) is 72.2 Å². The van der Waals surface area contributed by atoms with E-state index in [0.717, 1.165) is 5.56 Å². The third-order valence-corrected chi connectivity index (χ3v) is 7.74. The lowest BCUT2D eigenvalue weighted by atomic mass is 10.1. The quantitative estimate of drug-likeness (QED) is 0.269. The van der Waals surface area contributed by atoms with Gasteiger partial charge in [-0.1, -0.05) is 60.1 Å². The summed E-state index contributed by atoms with van der Waals surface area (Å²) >= 11 is 6.23. The molecule has 0 unspecified atom stereocenters. The van der Waals surface area contributed by atoms with Crippen LogP contribution >= 0.6 is 11.6 Å². The standard InChI is InChI=1S/C34H32ClFN4O3/c1-38(23-24-9-3-2-4-10-24)34(43)29-22-27(37-32(41)28-13-5-6-14-30(28)35)15-16-31(29)39-17-8-18-40(20-19-39)33(42)25-11-7-12-26(36)21-25/h2-7,9-16,21-22H,8,17-20,23H2,1H3,(H,37,41). The summed E-state index contributed by atoms with van der Waals surface area (Å²) in [5.41, 5.74) is 3.23. The predicted molar refractivity (Wildman–Crippen MR) is 167 cm³/mol. The molecule has 0 aliphatic carbocycles. The minimum absolute atomic E-state index is 0.204. The fourth-order valence-electron chi connectivity index (χ4n) is 5.20. The van der Waals surface area contributed by atoms with E-state index >= 15 is 0 Å². The first-order valence-corrected chi connectivity index (χ1v) is 14.5. The van der Waals surface area contributed by atoms with E-state index in [9.17, 15) is 18.8 Å². The van der Waals surface area contributed by atoms with Gasteiger partial charge in [0, 0.05) is 56.7 Å². The summed E-state index contributed by atoms with van der Waals surface area (Å²) < 4.78 is 13.8. The second kappa shape index (κ2) is 13.5. The lowest BCUT2D eigenvalue weighted by Gasteiger charge is -2.28. The third kappa shape index (κ3) is 7.21. The fraction of sp³-hybridized carbons (Fsp3) is 0.206. The number of amides is 3. The molecule has 1 heterocycles. The summed E-state index contributed by atoms with van der Waals surface area (Å²) in [5, 5.41) is 3.20. The molecule has 9 heteroatoms. The van der Waals surface area contributed by atoms with Gasteiger partial charge in [-0.3, -0.25) is 14.4 Å². The van der Waals surface area contributed by atoms with Crippen LogP contribution in [0, 0.1) is 5.82 Å². The van der Waals surface area contributed by atoms with E-state index in [-0.39, 0.29) is 17.7 Å². The van der Waals surface area contributed by atoms with E-state index in [4.69, 9.17) is 11.6 Å². The van der Waals surface area contributed by atoms with Crippen LogP contribution < -0.4 is 10.2 Å². The molecule has 0 radical (unpaired) electrons. The molecule has 43 heavy (non-hydrogen) atoms. The molecule has 4 aromatic rings. The summed E-state index contributed by atoms with van der Waals surface area (Å²) in [6.45, 7) is 2.42. The Labute approximate surface area is 255 Å². The number of anilines is 2. The van der Waals surface area contributed by atoms with Gasteiger partial charge in [-0.05, 0) is 60.5 Å². The van der Waals surface area contributed by atoms with Crippen LogP contribution in [0.3, 0.4) is 0 Å². The number of nitrogens with one attached hydrogen (secondary N) is 1. The van der Waals surface area contributed by atoms with E-state index in [1.807, 2.05) is 36.4 Å².